The number of piperazine rings is 1. The molecule has 0 unspecified atom stereocenters. The Balaban J connectivity index is 0.00000225. The van der Waals surface area contributed by atoms with Gasteiger partial charge in [-0.05, 0) is 25.1 Å². The zero-order chi connectivity index (χ0) is 16.9. The fourth-order valence-electron chi connectivity index (χ4n) is 2.83. The van der Waals surface area contributed by atoms with E-state index >= 15 is 0 Å². The predicted molar refractivity (Wildman–Crippen MR) is 118 cm³/mol. The van der Waals surface area contributed by atoms with E-state index in [0.29, 0.717) is 0 Å². The van der Waals surface area contributed by atoms with Gasteiger partial charge in [0.25, 0.3) is 0 Å². The Hall–Kier alpha value is -1.06. The minimum atomic E-state index is 0. The molecule has 0 spiro atoms. The van der Waals surface area contributed by atoms with Crippen LogP contribution in [0.4, 0.5) is 5.69 Å². The lowest BCUT2D eigenvalue weighted by molar-refractivity contribution is 0.372. The highest BCUT2D eigenvalue weighted by atomic mass is 127. The molecule has 0 radical (unpaired) electrons. The van der Waals surface area contributed by atoms with Gasteiger partial charge in [0.05, 0.1) is 11.6 Å². The lowest BCUT2D eigenvalue weighted by Crippen LogP contribution is -2.52. The topological polar surface area (TPSA) is 43.8 Å². The number of rotatable bonds is 3. The van der Waals surface area contributed by atoms with Crippen LogP contribution in [0.2, 0.25) is 5.02 Å². The number of aromatic nitrogens is 1. The highest BCUT2D eigenvalue weighted by Crippen LogP contribution is 2.20. The summed E-state index contributed by atoms with van der Waals surface area (Å²) in [5.41, 5.74) is 1.19. The van der Waals surface area contributed by atoms with E-state index in [-0.39, 0.29) is 24.0 Å². The number of halogens is 2. The molecule has 1 aliphatic rings. The first-order valence-corrected chi connectivity index (χ1v) is 9.22. The van der Waals surface area contributed by atoms with Gasteiger partial charge in [-0.1, -0.05) is 17.7 Å². The van der Waals surface area contributed by atoms with Gasteiger partial charge in [0.2, 0.25) is 0 Å². The third-order valence-corrected chi connectivity index (χ3v) is 5.20. The molecule has 0 bridgehead atoms. The molecule has 1 saturated heterocycles. The molecule has 2 aromatic rings. The van der Waals surface area contributed by atoms with Crippen LogP contribution in [-0.4, -0.2) is 49.1 Å². The number of anilines is 1. The average Bonchev–Trinajstić information content (AvgIpc) is 3.01. The van der Waals surface area contributed by atoms with Gasteiger partial charge in [-0.2, -0.15) is 0 Å². The van der Waals surface area contributed by atoms with Crippen molar-refractivity contribution in [3.05, 3.63) is 45.4 Å². The van der Waals surface area contributed by atoms with Crippen LogP contribution in [0, 0.1) is 6.92 Å². The fourth-order valence-corrected chi connectivity index (χ4v) is 3.75. The third kappa shape index (κ3) is 5.46. The van der Waals surface area contributed by atoms with Crippen molar-refractivity contribution in [3.63, 3.8) is 0 Å². The first-order chi connectivity index (χ1) is 11.7. The predicted octanol–water partition coefficient (Wildman–Crippen LogP) is 3.62. The standard InChI is InChI=1S/C17H22ClN5S.HI/c1-13-20-11-16(24-13)12-21-17(19-2)23-8-6-22(7-9-23)15-5-3-4-14(18)10-15;/h3-5,10-11H,6-9,12H2,1-2H3,(H,19,21);1H. The molecule has 8 heteroatoms. The van der Waals surface area contributed by atoms with Gasteiger partial charge in [0.1, 0.15) is 0 Å². The van der Waals surface area contributed by atoms with Crippen LogP contribution in [0.15, 0.2) is 35.5 Å². The fraction of sp³-hybridized carbons (Fsp3) is 0.412. The lowest BCUT2D eigenvalue weighted by atomic mass is 10.2. The van der Waals surface area contributed by atoms with Crippen LogP contribution in [0.5, 0.6) is 0 Å². The number of hydrogen-bond donors (Lipinski definition) is 1. The molecule has 136 valence electrons. The summed E-state index contributed by atoms with van der Waals surface area (Å²) in [7, 11) is 1.84. The van der Waals surface area contributed by atoms with Crippen LogP contribution in [0.3, 0.4) is 0 Å². The summed E-state index contributed by atoms with van der Waals surface area (Å²) in [5, 5.41) is 5.32. The van der Waals surface area contributed by atoms with E-state index in [1.807, 2.05) is 38.4 Å². The van der Waals surface area contributed by atoms with Gasteiger partial charge in [-0.15, -0.1) is 35.3 Å². The van der Waals surface area contributed by atoms with Crippen molar-refractivity contribution in [2.75, 3.05) is 38.1 Å². The second-order valence-corrected chi connectivity index (χ2v) is 7.46. The van der Waals surface area contributed by atoms with Crippen LogP contribution in [-0.2, 0) is 6.54 Å². The maximum absolute atomic E-state index is 6.10. The SMILES string of the molecule is CN=C(NCc1cnc(C)s1)N1CCN(c2cccc(Cl)c2)CC1.I. The molecule has 0 atom stereocenters. The number of nitrogens with one attached hydrogen (secondary N) is 1. The molecule has 3 rings (SSSR count). The smallest absolute Gasteiger partial charge is 0.194 e. The van der Waals surface area contributed by atoms with Gasteiger partial charge in [0, 0.05) is 55.0 Å². The van der Waals surface area contributed by atoms with E-state index in [9.17, 15) is 0 Å². The van der Waals surface area contributed by atoms with E-state index in [1.165, 1.54) is 10.6 Å². The Bertz CT molecular complexity index is 713. The summed E-state index contributed by atoms with van der Waals surface area (Å²) in [6.07, 6.45) is 1.93. The summed E-state index contributed by atoms with van der Waals surface area (Å²) in [6.45, 7) is 6.59. The molecule has 0 amide bonds. The molecule has 0 saturated carbocycles. The molecular weight excluding hydrogens is 469 g/mol. The van der Waals surface area contributed by atoms with E-state index in [2.05, 4.69) is 31.2 Å². The van der Waals surface area contributed by atoms with Crippen molar-refractivity contribution >= 4 is 58.6 Å². The number of hydrogen-bond acceptors (Lipinski definition) is 4. The molecule has 5 nitrogen and oxygen atoms in total. The maximum atomic E-state index is 6.10. The minimum absolute atomic E-state index is 0. The van der Waals surface area contributed by atoms with Gasteiger partial charge in [-0.3, -0.25) is 4.99 Å². The van der Waals surface area contributed by atoms with Crippen LogP contribution >= 0.6 is 46.9 Å². The monoisotopic (exact) mass is 491 g/mol. The van der Waals surface area contributed by atoms with E-state index in [0.717, 1.165) is 48.7 Å². The van der Waals surface area contributed by atoms with Crippen molar-refractivity contribution in [2.45, 2.75) is 13.5 Å². The largest absolute Gasteiger partial charge is 0.368 e. The van der Waals surface area contributed by atoms with Crippen molar-refractivity contribution < 1.29 is 0 Å². The summed E-state index contributed by atoms with van der Waals surface area (Å²) in [6, 6.07) is 8.05. The van der Waals surface area contributed by atoms with Crippen LogP contribution in [0.25, 0.3) is 0 Å². The average molecular weight is 492 g/mol. The molecule has 1 aromatic heterocycles. The first kappa shape index (κ1) is 20.3. The Labute approximate surface area is 175 Å². The first-order valence-electron chi connectivity index (χ1n) is 8.03. The maximum Gasteiger partial charge on any atom is 0.194 e. The number of nitrogens with zero attached hydrogens (tertiary/aromatic N) is 4. The van der Waals surface area contributed by atoms with Crippen LogP contribution < -0.4 is 10.2 Å². The molecule has 1 aliphatic heterocycles. The summed E-state index contributed by atoms with van der Waals surface area (Å²) >= 11 is 7.81. The zero-order valence-electron chi connectivity index (χ0n) is 14.4. The van der Waals surface area contributed by atoms with Crippen molar-refractivity contribution in [1.29, 1.82) is 0 Å². The third-order valence-electron chi connectivity index (χ3n) is 4.05. The zero-order valence-corrected chi connectivity index (χ0v) is 18.3. The number of aryl methyl sites for hydroxylation is 1. The summed E-state index contributed by atoms with van der Waals surface area (Å²) < 4.78 is 0. The lowest BCUT2D eigenvalue weighted by Gasteiger charge is -2.37. The minimum Gasteiger partial charge on any atom is -0.368 e. The van der Waals surface area contributed by atoms with Crippen molar-refractivity contribution in [2.24, 2.45) is 4.99 Å². The molecule has 1 aromatic carbocycles. The second kappa shape index (κ2) is 9.59. The molecule has 2 heterocycles. The summed E-state index contributed by atoms with van der Waals surface area (Å²) in [5.74, 6) is 0.951. The van der Waals surface area contributed by atoms with Crippen molar-refractivity contribution in [3.8, 4) is 0 Å². The van der Waals surface area contributed by atoms with E-state index in [1.54, 1.807) is 11.3 Å². The second-order valence-electron chi connectivity index (χ2n) is 5.70. The van der Waals surface area contributed by atoms with Gasteiger partial charge in [-0.25, -0.2) is 4.98 Å². The molecule has 1 fully saturated rings. The van der Waals surface area contributed by atoms with Crippen LogP contribution in [0.1, 0.15) is 9.88 Å². The van der Waals surface area contributed by atoms with E-state index in [4.69, 9.17) is 11.6 Å². The Morgan fingerprint density at radius 2 is 2.08 bits per heavy atom. The molecule has 0 aliphatic carbocycles. The number of thiazole rings is 1. The van der Waals surface area contributed by atoms with Gasteiger partial charge in [0.15, 0.2) is 5.96 Å². The van der Waals surface area contributed by atoms with E-state index < -0.39 is 0 Å². The quantitative estimate of drug-likeness (QED) is 0.405. The molecule has 25 heavy (non-hydrogen) atoms. The number of aliphatic imine (C=N–C) groups is 1. The number of guanidine groups is 1. The Morgan fingerprint density at radius 1 is 1.32 bits per heavy atom. The molecular formula is C17H23ClIN5S. The summed E-state index contributed by atoms with van der Waals surface area (Å²) in [4.78, 5) is 14.6. The normalized spacial score (nSPS) is 15.1. The van der Waals surface area contributed by atoms with Gasteiger partial charge < -0.3 is 15.1 Å². The Kier molecular flexibility index (Phi) is 7.77. The Morgan fingerprint density at radius 3 is 2.68 bits per heavy atom. The molecule has 1 N–H and O–H groups in total. The highest BCUT2D eigenvalue weighted by molar-refractivity contribution is 14.0. The van der Waals surface area contributed by atoms with Gasteiger partial charge >= 0.3 is 0 Å². The highest BCUT2D eigenvalue weighted by Gasteiger charge is 2.20. The van der Waals surface area contributed by atoms with Crippen molar-refractivity contribution in [1.82, 2.24) is 15.2 Å². The number of benzene rings is 1.